The molecule has 2 N–H and O–H groups in total. The van der Waals surface area contributed by atoms with E-state index in [1.54, 1.807) is 0 Å². The quantitative estimate of drug-likeness (QED) is 0.368. The summed E-state index contributed by atoms with van der Waals surface area (Å²) in [7, 11) is 0. The minimum Gasteiger partial charge on any atom is -0.321 e. The highest BCUT2D eigenvalue weighted by atomic mass is 35.5. The van der Waals surface area contributed by atoms with E-state index in [0.29, 0.717) is 0 Å². The molecule has 19 heavy (non-hydrogen) atoms. The Kier molecular flexibility index (Phi) is 14.3. The molecule has 3 heteroatoms. The number of nitrogens with two attached hydrogens (primary N) is 1. The molecule has 0 spiro atoms. The average Bonchev–Trinajstić information content (AvgIpc) is 2.43. The van der Waals surface area contributed by atoms with Gasteiger partial charge in [-0.2, -0.15) is 0 Å². The summed E-state index contributed by atoms with van der Waals surface area (Å²) in [4.78, 5) is 11.2. The number of carbonyl (C=O) groups excluding carboxylic acids is 1. The van der Waals surface area contributed by atoms with Crippen LogP contribution in [-0.4, -0.2) is 17.7 Å². The third kappa shape index (κ3) is 12.7. The molecule has 0 radical (unpaired) electrons. The first-order chi connectivity index (χ1) is 9.22. The Labute approximate surface area is 124 Å². The van der Waals surface area contributed by atoms with Crippen LogP contribution in [0, 0.1) is 0 Å². The molecule has 1 atom stereocenters. The average molecular weight is 290 g/mol. The van der Waals surface area contributed by atoms with Crippen molar-refractivity contribution in [3.05, 3.63) is 0 Å². The number of unbranched alkanes of at least 4 members (excludes halogenated alkanes) is 10. The fourth-order valence-electron chi connectivity index (χ4n) is 2.29. The predicted octanol–water partition coefficient (Wildman–Crippen LogP) is 4.82. The first-order valence-electron chi connectivity index (χ1n) is 8.06. The maximum atomic E-state index is 11.2. The van der Waals surface area contributed by atoms with Crippen LogP contribution in [0.25, 0.3) is 0 Å². The number of carbonyl (C=O) groups is 1. The standard InChI is InChI=1S/C16H32ClNO/c1-2-3-4-5-6-7-8-9-10-11-12-13-15(18)16(19)14-17/h15H,2-14,18H2,1H3. The zero-order valence-corrected chi connectivity index (χ0v) is 13.4. The number of hydrogen-bond acceptors (Lipinski definition) is 2. The second-order valence-electron chi connectivity index (χ2n) is 5.53. The summed E-state index contributed by atoms with van der Waals surface area (Å²) in [6.45, 7) is 2.26. The summed E-state index contributed by atoms with van der Waals surface area (Å²) in [6, 6.07) is -0.337. The normalized spacial score (nSPS) is 12.6. The van der Waals surface area contributed by atoms with Gasteiger partial charge >= 0.3 is 0 Å². The van der Waals surface area contributed by atoms with Crippen LogP contribution in [0.5, 0.6) is 0 Å². The summed E-state index contributed by atoms with van der Waals surface area (Å²) < 4.78 is 0. The van der Waals surface area contributed by atoms with Crippen molar-refractivity contribution in [3.63, 3.8) is 0 Å². The van der Waals surface area contributed by atoms with E-state index in [-0.39, 0.29) is 17.7 Å². The molecule has 0 rings (SSSR count). The zero-order chi connectivity index (χ0) is 14.3. The molecule has 1 unspecified atom stereocenters. The molecular weight excluding hydrogens is 258 g/mol. The van der Waals surface area contributed by atoms with E-state index in [9.17, 15) is 4.79 Å². The molecule has 0 aromatic heterocycles. The van der Waals surface area contributed by atoms with Gasteiger partial charge in [0, 0.05) is 0 Å². The Morgan fingerprint density at radius 3 is 1.74 bits per heavy atom. The van der Waals surface area contributed by atoms with Crippen molar-refractivity contribution in [2.75, 3.05) is 5.88 Å². The fourth-order valence-corrected chi connectivity index (χ4v) is 2.49. The van der Waals surface area contributed by atoms with Gasteiger partial charge < -0.3 is 5.73 Å². The molecule has 0 fully saturated rings. The van der Waals surface area contributed by atoms with Crippen LogP contribution in [-0.2, 0) is 4.79 Å². The summed E-state index contributed by atoms with van der Waals surface area (Å²) in [5, 5.41) is 0. The largest absolute Gasteiger partial charge is 0.321 e. The van der Waals surface area contributed by atoms with E-state index >= 15 is 0 Å². The molecule has 0 bridgehead atoms. The Hall–Kier alpha value is -0.0800. The van der Waals surface area contributed by atoms with Gasteiger partial charge in [-0.25, -0.2) is 0 Å². The Balaban J connectivity index is 3.12. The monoisotopic (exact) mass is 289 g/mol. The molecule has 0 aromatic carbocycles. The van der Waals surface area contributed by atoms with Crippen molar-refractivity contribution in [2.24, 2.45) is 5.73 Å². The van der Waals surface area contributed by atoms with E-state index in [1.165, 1.54) is 64.2 Å². The predicted molar refractivity (Wildman–Crippen MR) is 84.8 cm³/mol. The van der Waals surface area contributed by atoms with Gasteiger partial charge in [-0.15, -0.1) is 11.6 Å². The topological polar surface area (TPSA) is 43.1 Å². The molecule has 0 aliphatic rings. The van der Waals surface area contributed by atoms with E-state index in [0.717, 1.165) is 12.8 Å². The second-order valence-corrected chi connectivity index (χ2v) is 5.80. The smallest absolute Gasteiger partial charge is 0.164 e. The first kappa shape index (κ1) is 18.9. The number of alkyl halides is 1. The van der Waals surface area contributed by atoms with Gasteiger partial charge in [0.05, 0.1) is 11.9 Å². The SMILES string of the molecule is CCCCCCCCCCCCCC(N)C(=O)CCl. The lowest BCUT2D eigenvalue weighted by Gasteiger charge is -2.08. The molecule has 0 saturated heterocycles. The van der Waals surface area contributed by atoms with Crippen molar-refractivity contribution < 1.29 is 4.79 Å². The third-order valence-electron chi connectivity index (χ3n) is 3.66. The van der Waals surface area contributed by atoms with Crippen molar-refractivity contribution in [1.82, 2.24) is 0 Å². The zero-order valence-electron chi connectivity index (χ0n) is 12.6. The molecule has 0 aromatic rings. The summed E-state index contributed by atoms with van der Waals surface area (Å²) in [6.07, 6.45) is 15.3. The van der Waals surface area contributed by atoms with Gasteiger partial charge in [0.2, 0.25) is 0 Å². The van der Waals surface area contributed by atoms with Gasteiger partial charge in [0.1, 0.15) is 0 Å². The molecule has 0 aliphatic heterocycles. The molecule has 0 aliphatic carbocycles. The highest BCUT2D eigenvalue weighted by Crippen LogP contribution is 2.12. The lowest BCUT2D eigenvalue weighted by molar-refractivity contribution is -0.118. The van der Waals surface area contributed by atoms with Crippen molar-refractivity contribution >= 4 is 17.4 Å². The van der Waals surface area contributed by atoms with Crippen LogP contribution in [0.3, 0.4) is 0 Å². The molecule has 114 valence electrons. The Morgan fingerprint density at radius 2 is 1.32 bits per heavy atom. The maximum Gasteiger partial charge on any atom is 0.164 e. The summed E-state index contributed by atoms with van der Waals surface area (Å²) >= 11 is 5.46. The van der Waals surface area contributed by atoms with Gasteiger partial charge in [-0.3, -0.25) is 4.79 Å². The van der Waals surface area contributed by atoms with Crippen molar-refractivity contribution in [2.45, 2.75) is 90.0 Å². The second kappa shape index (κ2) is 14.3. The van der Waals surface area contributed by atoms with Crippen LogP contribution >= 0.6 is 11.6 Å². The van der Waals surface area contributed by atoms with Gasteiger partial charge in [0.15, 0.2) is 5.78 Å². The Bertz CT molecular complexity index is 209. The minimum atomic E-state index is -0.337. The first-order valence-corrected chi connectivity index (χ1v) is 8.60. The van der Waals surface area contributed by atoms with Crippen LogP contribution in [0.1, 0.15) is 84.0 Å². The molecule has 0 saturated carbocycles. The van der Waals surface area contributed by atoms with Crippen LogP contribution in [0.4, 0.5) is 0 Å². The maximum absolute atomic E-state index is 11.2. The van der Waals surface area contributed by atoms with E-state index in [2.05, 4.69) is 6.92 Å². The number of halogens is 1. The molecular formula is C16H32ClNO. The van der Waals surface area contributed by atoms with Gasteiger partial charge in [0.25, 0.3) is 0 Å². The van der Waals surface area contributed by atoms with Gasteiger partial charge in [-0.05, 0) is 6.42 Å². The fraction of sp³-hybridized carbons (Fsp3) is 0.938. The van der Waals surface area contributed by atoms with Crippen molar-refractivity contribution in [1.29, 1.82) is 0 Å². The number of Topliss-reactive ketones (excluding diaryl/α,β-unsaturated/α-hetero) is 1. The third-order valence-corrected chi connectivity index (χ3v) is 3.93. The highest BCUT2D eigenvalue weighted by Gasteiger charge is 2.10. The molecule has 2 nitrogen and oxygen atoms in total. The van der Waals surface area contributed by atoms with Crippen LogP contribution in [0.15, 0.2) is 0 Å². The van der Waals surface area contributed by atoms with Crippen LogP contribution in [0.2, 0.25) is 0 Å². The highest BCUT2D eigenvalue weighted by molar-refractivity contribution is 6.28. The lowest BCUT2D eigenvalue weighted by atomic mass is 10.0. The van der Waals surface area contributed by atoms with E-state index < -0.39 is 0 Å². The lowest BCUT2D eigenvalue weighted by Crippen LogP contribution is -2.31. The van der Waals surface area contributed by atoms with Crippen molar-refractivity contribution in [3.8, 4) is 0 Å². The van der Waals surface area contributed by atoms with E-state index in [1.807, 2.05) is 0 Å². The minimum absolute atomic E-state index is 0.0197. The van der Waals surface area contributed by atoms with Crippen LogP contribution < -0.4 is 5.73 Å². The summed E-state index contributed by atoms with van der Waals surface area (Å²) in [5.41, 5.74) is 5.71. The number of ketones is 1. The number of rotatable bonds is 14. The Morgan fingerprint density at radius 1 is 0.895 bits per heavy atom. The summed E-state index contributed by atoms with van der Waals surface area (Å²) in [5.74, 6) is 0.0351. The molecule has 0 heterocycles. The number of hydrogen-bond donors (Lipinski definition) is 1. The van der Waals surface area contributed by atoms with E-state index in [4.69, 9.17) is 17.3 Å². The molecule has 0 amide bonds. The van der Waals surface area contributed by atoms with Gasteiger partial charge in [-0.1, -0.05) is 77.6 Å².